The summed E-state index contributed by atoms with van der Waals surface area (Å²) in [4.78, 5) is 28.6. The van der Waals surface area contributed by atoms with Crippen molar-refractivity contribution in [1.82, 2.24) is 5.48 Å². The van der Waals surface area contributed by atoms with Gasteiger partial charge in [-0.15, -0.1) is 0 Å². The van der Waals surface area contributed by atoms with Crippen LogP contribution in [0.5, 0.6) is 0 Å². The molecular formula is C19H22N2O3. The highest BCUT2D eigenvalue weighted by Gasteiger charge is 2.07. The third-order valence-electron chi connectivity index (χ3n) is 3.53. The van der Waals surface area contributed by atoms with Gasteiger partial charge in [-0.05, 0) is 38.0 Å². The van der Waals surface area contributed by atoms with Gasteiger partial charge in [-0.2, -0.15) is 0 Å². The van der Waals surface area contributed by atoms with Crippen LogP contribution < -0.4 is 10.8 Å². The van der Waals surface area contributed by atoms with Crippen molar-refractivity contribution < 1.29 is 14.4 Å². The molecule has 0 unspecified atom stereocenters. The molecule has 5 heteroatoms. The van der Waals surface area contributed by atoms with E-state index >= 15 is 0 Å². The summed E-state index contributed by atoms with van der Waals surface area (Å²) in [6, 6.07) is 13.4. The quantitative estimate of drug-likeness (QED) is 0.802. The lowest BCUT2D eigenvalue weighted by atomic mass is 10.1. The molecule has 0 saturated heterocycles. The van der Waals surface area contributed by atoms with Crippen molar-refractivity contribution in [1.29, 1.82) is 0 Å². The summed E-state index contributed by atoms with van der Waals surface area (Å²) in [7, 11) is 0. The second-order valence-electron chi connectivity index (χ2n) is 5.84. The number of amides is 2. The molecule has 2 N–H and O–H groups in total. The van der Waals surface area contributed by atoms with Crippen LogP contribution in [-0.2, 0) is 20.8 Å². The van der Waals surface area contributed by atoms with E-state index in [1.807, 2.05) is 63.2 Å². The summed E-state index contributed by atoms with van der Waals surface area (Å²) >= 11 is 0. The van der Waals surface area contributed by atoms with Crippen molar-refractivity contribution in [3.05, 3.63) is 64.7 Å². The maximum Gasteiger partial charge on any atom is 0.253 e. The van der Waals surface area contributed by atoms with Gasteiger partial charge >= 0.3 is 0 Å². The normalized spacial score (nSPS) is 10.3. The molecule has 2 rings (SSSR count). The molecule has 24 heavy (non-hydrogen) atoms. The first-order valence-corrected chi connectivity index (χ1v) is 7.77. The molecular weight excluding hydrogens is 304 g/mol. The van der Waals surface area contributed by atoms with E-state index in [0.29, 0.717) is 0 Å². The summed E-state index contributed by atoms with van der Waals surface area (Å²) in [5.74, 6) is -0.615. The van der Waals surface area contributed by atoms with Gasteiger partial charge in [0.05, 0.1) is 6.42 Å². The van der Waals surface area contributed by atoms with E-state index in [1.165, 1.54) is 0 Å². The standard InChI is InChI=1S/C19H22N2O3/c1-13-4-7-16(8-5-13)11-18(22)21-24-12-19(23)20-17-9-6-14(2)10-15(17)3/h4-10H,11-12H2,1-3H3,(H,20,23)(H,21,22). The number of aryl methyl sites for hydroxylation is 3. The van der Waals surface area contributed by atoms with Gasteiger partial charge < -0.3 is 5.32 Å². The zero-order valence-electron chi connectivity index (χ0n) is 14.2. The molecule has 0 spiro atoms. The highest BCUT2D eigenvalue weighted by molar-refractivity contribution is 5.92. The number of carbonyl (C=O) groups is 2. The van der Waals surface area contributed by atoms with Crippen LogP contribution in [0.4, 0.5) is 5.69 Å². The zero-order valence-corrected chi connectivity index (χ0v) is 14.2. The van der Waals surface area contributed by atoms with Crippen molar-refractivity contribution in [3.63, 3.8) is 0 Å². The molecule has 0 bridgehead atoms. The van der Waals surface area contributed by atoms with Gasteiger partial charge in [-0.25, -0.2) is 5.48 Å². The minimum Gasteiger partial charge on any atom is -0.324 e. The Bertz CT molecular complexity index is 724. The molecule has 0 saturated carbocycles. The van der Waals surface area contributed by atoms with E-state index in [-0.39, 0.29) is 24.8 Å². The largest absolute Gasteiger partial charge is 0.324 e. The topological polar surface area (TPSA) is 67.4 Å². The summed E-state index contributed by atoms with van der Waals surface area (Å²) in [5, 5.41) is 2.75. The van der Waals surface area contributed by atoms with Crippen LogP contribution in [0.2, 0.25) is 0 Å². The van der Waals surface area contributed by atoms with Crippen molar-refractivity contribution in [2.45, 2.75) is 27.2 Å². The Morgan fingerprint density at radius 1 is 0.917 bits per heavy atom. The molecule has 0 heterocycles. The first-order chi connectivity index (χ1) is 11.4. The van der Waals surface area contributed by atoms with Gasteiger partial charge in [0.1, 0.15) is 0 Å². The Morgan fingerprint density at radius 2 is 1.58 bits per heavy atom. The number of benzene rings is 2. The lowest BCUT2D eigenvalue weighted by Gasteiger charge is -2.10. The van der Waals surface area contributed by atoms with E-state index in [2.05, 4.69) is 10.8 Å². The Hall–Kier alpha value is -2.66. The maximum absolute atomic E-state index is 11.8. The number of carbonyl (C=O) groups excluding carboxylic acids is 2. The van der Waals surface area contributed by atoms with Gasteiger partial charge in [0, 0.05) is 5.69 Å². The fourth-order valence-corrected chi connectivity index (χ4v) is 2.25. The van der Waals surface area contributed by atoms with E-state index < -0.39 is 0 Å². The van der Waals surface area contributed by atoms with E-state index in [4.69, 9.17) is 4.84 Å². The maximum atomic E-state index is 11.8. The average molecular weight is 326 g/mol. The number of rotatable bonds is 6. The summed E-state index contributed by atoms with van der Waals surface area (Å²) in [6.45, 7) is 5.66. The Balaban J connectivity index is 1.73. The van der Waals surface area contributed by atoms with Crippen LogP contribution in [0.1, 0.15) is 22.3 Å². The third kappa shape index (κ3) is 5.52. The molecule has 0 aliphatic heterocycles. The smallest absolute Gasteiger partial charge is 0.253 e. The minimum absolute atomic E-state index is 0.207. The van der Waals surface area contributed by atoms with Crippen molar-refractivity contribution in [3.8, 4) is 0 Å². The van der Waals surface area contributed by atoms with Gasteiger partial charge in [-0.3, -0.25) is 14.4 Å². The molecule has 0 atom stereocenters. The van der Waals surface area contributed by atoms with Gasteiger partial charge in [-0.1, -0.05) is 47.5 Å². The molecule has 2 aromatic carbocycles. The molecule has 0 radical (unpaired) electrons. The fourth-order valence-electron chi connectivity index (χ4n) is 2.25. The van der Waals surface area contributed by atoms with Crippen LogP contribution in [0.25, 0.3) is 0 Å². The lowest BCUT2D eigenvalue weighted by molar-refractivity contribution is -0.136. The summed E-state index contributed by atoms with van der Waals surface area (Å²) in [5.41, 5.74) is 7.16. The molecule has 126 valence electrons. The number of hydrogen-bond donors (Lipinski definition) is 2. The SMILES string of the molecule is Cc1ccc(CC(=O)NOCC(=O)Nc2ccc(C)cc2C)cc1. The Kier molecular flexibility index (Phi) is 6.09. The molecule has 0 aliphatic rings. The monoisotopic (exact) mass is 326 g/mol. The third-order valence-corrected chi connectivity index (χ3v) is 3.53. The van der Waals surface area contributed by atoms with E-state index in [0.717, 1.165) is 27.9 Å². The van der Waals surface area contributed by atoms with Crippen LogP contribution in [-0.4, -0.2) is 18.4 Å². The molecule has 0 aromatic heterocycles. The molecule has 5 nitrogen and oxygen atoms in total. The number of nitrogens with one attached hydrogen (secondary N) is 2. The highest BCUT2D eigenvalue weighted by atomic mass is 16.7. The lowest BCUT2D eigenvalue weighted by Crippen LogP contribution is -2.30. The summed E-state index contributed by atoms with van der Waals surface area (Å²) in [6.07, 6.45) is 0.207. The zero-order chi connectivity index (χ0) is 17.5. The van der Waals surface area contributed by atoms with Gasteiger partial charge in [0.25, 0.3) is 5.91 Å². The van der Waals surface area contributed by atoms with Gasteiger partial charge in [0.2, 0.25) is 5.91 Å². The molecule has 0 fully saturated rings. The second-order valence-corrected chi connectivity index (χ2v) is 5.84. The predicted octanol–water partition coefficient (Wildman–Crippen LogP) is 2.84. The first-order valence-electron chi connectivity index (χ1n) is 7.77. The van der Waals surface area contributed by atoms with Crippen molar-refractivity contribution in [2.75, 3.05) is 11.9 Å². The highest BCUT2D eigenvalue weighted by Crippen LogP contribution is 2.15. The van der Waals surface area contributed by atoms with E-state index in [9.17, 15) is 9.59 Å². The summed E-state index contributed by atoms with van der Waals surface area (Å²) < 4.78 is 0. The molecule has 2 aromatic rings. The van der Waals surface area contributed by atoms with Crippen molar-refractivity contribution in [2.24, 2.45) is 0 Å². The minimum atomic E-state index is -0.322. The molecule has 0 aliphatic carbocycles. The van der Waals surface area contributed by atoms with Crippen LogP contribution in [0, 0.1) is 20.8 Å². The van der Waals surface area contributed by atoms with E-state index in [1.54, 1.807) is 0 Å². The fraction of sp³-hybridized carbons (Fsp3) is 0.263. The number of hydroxylamine groups is 1. The van der Waals surface area contributed by atoms with Crippen LogP contribution in [0.3, 0.4) is 0 Å². The first kappa shape index (κ1) is 17.7. The Labute approximate surface area is 142 Å². The molecule has 2 amide bonds. The van der Waals surface area contributed by atoms with Crippen molar-refractivity contribution >= 4 is 17.5 Å². The van der Waals surface area contributed by atoms with Gasteiger partial charge in [0.15, 0.2) is 6.61 Å². The Morgan fingerprint density at radius 3 is 2.25 bits per heavy atom. The number of anilines is 1. The predicted molar refractivity (Wildman–Crippen MR) is 93.5 cm³/mol. The second kappa shape index (κ2) is 8.26. The average Bonchev–Trinajstić information content (AvgIpc) is 2.52. The number of hydrogen-bond acceptors (Lipinski definition) is 3. The van der Waals surface area contributed by atoms with Crippen LogP contribution in [0.15, 0.2) is 42.5 Å². The van der Waals surface area contributed by atoms with Crippen LogP contribution >= 0.6 is 0 Å².